The maximum absolute atomic E-state index is 12.9. The van der Waals surface area contributed by atoms with Gasteiger partial charge >= 0.3 is 0 Å². The molecule has 0 aliphatic rings. The van der Waals surface area contributed by atoms with Crippen molar-refractivity contribution in [3.63, 3.8) is 0 Å². The van der Waals surface area contributed by atoms with Crippen LogP contribution in [-0.2, 0) is 0 Å². The van der Waals surface area contributed by atoms with E-state index in [1.54, 1.807) is 7.11 Å². The third-order valence-electron chi connectivity index (χ3n) is 3.52. The number of nitrogens with one attached hydrogen (secondary N) is 2. The molecule has 3 aromatic rings. The average molecular weight is 298 g/mol. The molecule has 3 rings (SSSR count). The van der Waals surface area contributed by atoms with Crippen molar-refractivity contribution >= 4 is 22.5 Å². The zero-order valence-electron chi connectivity index (χ0n) is 12.2. The van der Waals surface area contributed by atoms with Gasteiger partial charge in [0, 0.05) is 22.8 Å². The fraction of sp³-hybridized carbons (Fsp3) is 0.118. The number of rotatable bonds is 3. The van der Waals surface area contributed by atoms with E-state index in [-0.39, 0.29) is 11.7 Å². The standard InChI is InChI=1S/C17H15FN2O2/c1-10-16(14-8-7-13(22-2)9-15(14)19-10)17(21)20-12-5-3-11(18)4-6-12/h3-9,19H,1-2H3,(H,20,21). The molecule has 0 unspecified atom stereocenters. The highest BCUT2D eigenvalue weighted by Crippen LogP contribution is 2.26. The zero-order valence-corrected chi connectivity index (χ0v) is 12.2. The molecule has 0 bridgehead atoms. The molecule has 1 amide bonds. The zero-order chi connectivity index (χ0) is 15.7. The lowest BCUT2D eigenvalue weighted by Gasteiger charge is -2.05. The lowest BCUT2D eigenvalue weighted by Crippen LogP contribution is -2.12. The number of H-pyrrole nitrogens is 1. The molecule has 0 aliphatic carbocycles. The highest BCUT2D eigenvalue weighted by molar-refractivity contribution is 6.14. The summed E-state index contributed by atoms with van der Waals surface area (Å²) in [5.74, 6) is 0.146. The Balaban J connectivity index is 1.96. The van der Waals surface area contributed by atoms with Crippen LogP contribution in [0, 0.1) is 12.7 Å². The van der Waals surface area contributed by atoms with E-state index in [4.69, 9.17) is 4.74 Å². The Hall–Kier alpha value is -2.82. The Morgan fingerprint density at radius 3 is 2.59 bits per heavy atom. The van der Waals surface area contributed by atoms with Gasteiger partial charge in [0.25, 0.3) is 5.91 Å². The van der Waals surface area contributed by atoms with Gasteiger partial charge in [-0.05, 0) is 43.3 Å². The number of anilines is 1. The fourth-order valence-electron chi connectivity index (χ4n) is 2.46. The second-order valence-corrected chi connectivity index (χ2v) is 5.00. The Morgan fingerprint density at radius 2 is 1.91 bits per heavy atom. The van der Waals surface area contributed by atoms with Crippen LogP contribution in [0.1, 0.15) is 16.1 Å². The maximum Gasteiger partial charge on any atom is 0.258 e. The second-order valence-electron chi connectivity index (χ2n) is 5.00. The summed E-state index contributed by atoms with van der Waals surface area (Å²) in [5, 5.41) is 3.59. The van der Waals surface area contributed by atoms with Crippen molar-refractivity contribution < 1.29 is 13.9 Å². The number of aryl methyl sites for hydroxylation is 1. The van der Waals surface area contributed by atoms with Crippen molar-refractivity contribution in [3.05, 3.63) is 59.5 Å². The van der Waals surface area contributed by atoms with E-state index in [1.807, 2.05) is 25.1 Å². The highest BCUT2D eigenvalue weighted by atomic mass is 19.1. The number of halogens is 1. The Kier molecular flexibility index (Phi) is 3.55. The van der Waals surface area contributed by atoms with Crippen LogP contribution in [-0.4, -0.2) is 18.0 Å². The first-order valence-corrected chi connectivity index (χ1v) is 6.81. The van der Waals surface area contributed by atoms with Crippen LogP contribution in [0.4, 0.5) is 10.1 Å². The normalized spacial score (nSPS) is 10.7. The van der Waals surface area contributed by atoms with Gasteiger partial charge in [-0.2, -0.15) is 0 Å². The van der Waals surface area contributed by atoms with Gasteiger partial charge in [0.05, 0.1) is 18.2 Å². The third kappa shape index (κ3) is 2.53. The van der Waals surface area contributed by atoms with Crippen molar-refractivity contribution in [2.24, 2.45) is 0 Å². The van der Waals surface area contributed by atoms with Gasteiger partial charge in [-0.15, -0.1) is 0 Å². The van der Waals surface area contributed by atoms with Crippen LogP contribution >= 0.6 is 0 Å². The fourth-order valence-corrected chi connectivity index (χ4v) is 2.46. The summed E-state index contributed by atoms with van der Waals surface area (Å²) in [6.07, 6.45) is 0. The molecule has 2 N–H and O–H groups in total. The molecule has 112 valence electrons. The van der Waals surface area contributed by atoms with Crippen LogP contribution in [0.2, 0.25) is 0 Å². The maximum atomic E-state index is 12.9. The number of methoxy groups -OCH3 is 1. The minimum atomic E-state index is -0.339. The van der Waals surface area contributed by atoms with Crippen molar-refractivity contribution in [3.8, 4) is 5.75 Å². The molecule has 0 atom stereocenters. The number of hydrogen-bond acceptors (Lipinski definition) is 2. The van der Waals surface area contributed by atoms with Crippen molar-refractivity contribution in [1.82, 2.24) is 4.98 Å². The Labute approximate surface area is 126 Å². The Bertz CT molecular complexity index is 838. The number of ether oxygens (including phenoxy) is 1. The quantitative estimate of drug-likeness (QED) is 0.771. The summed E-state index contributed by atoms with van der Waals surface area (Å²) < 4.78 is 18.1. The molecule has 1 heterocycles. The topological polar surface area (TPSA) is 54.1 Å². The molecule has 2 aromatic carbocycles. The van der Waals surface area contributed by atoms with Crippen molar-refractivity contribution in [2.45, 2.75) is 6.92 Å². The molecule has 0 saturated carbocycles. The largest absolute Gasteiger partial charge is 0.497 e. The minimum Gasteiger partial charge on any atom is -0.497 e. The first kappa shape index (κ1) is 14.1. The second kappa shape index (κ2) is 5.52. The molecule has 0 radical (unpaired) electrons. The molecule has 0 aliphatic heterocycles. The molecular weight excluding hydrogens is 283 g/mol. The van der Waals surface area contributed by atoms with E-state index in [2.05, 4.69) is 10.3 Å². The van der Waals surface area contributed by atoms with E-state index in [0.717, 1.165) is 22.3 Å². The predicted molar refractivity (Wildman–Crippen MR) is 83.9 cm³/mol. The molecule has 4 nitrogen and oxygen atoms in total. The summed E-state index contributed by atoms with van der Waals surface area (Å²) in [5.41, 5.74) is 2.72. The summed E-state index contributed by atoms with van der Waals surface area (Å²) in [6.45, 7) is 1.84. The molecule has 1 aromatic heterocycles. The summed E-state index contributed by atoms with van der Waals surface area (Å²) in [7, 11) is 1.60. The predicted octanol–water partition coefficient (Wildman–Crippen LogP) is 3.88. The summed E-state index contributed by atoms with van der Waals surface area (Å²) in [4.78, 5) is 15.7. The molecule has 5 heteroatoms. The molecular formula is C17H15FN2O2. The molecule has 22 heavy (non-hydrogen) atoms. The number of fused-ring (bicyclic) bond motifs is 1. The van der Waals surface area contributed by atoms with Gasteiger partial charge in [0.1, 0.15) is 11.6 Å². The number of aromatic amines is 1. The first-order valence-electron chi connectivity index (χ1n) is 6.81. The van der Waals surface area contributed by atoms with Gasteiger partial charge in [0.15, 0.2) is 0 Å². The number of benzene rings is 2. The van der Waals surface area contributed by atoms with E-state index in [9.17, 15) is 9.18 Å². The van der Waals surface area contributed by atoms with Gasteiger partial charge in [-0.25, -0.2) is 4.39 Å². The van der Waals surface area contributed by atoms with Crippen LogP contribution in [0.15, 0.2) is 42.5 Å². The van der Waals surface area contributed by atoms with Crippen LogP contribution < -0.4 is 10.1 Å². The van der Waals surface area contributed by atoms with Gasteiger partial charge in [-0.3, -0.25) is 4.79 Å². The SMILES string of the molecule is COc1ccc2c(C(=O)Nc3ccc(F)cc3)c(C)[nH]c2c1. The lowest BCUT2D eigenvalue weighted by molar-refractivity contribution is 0.102. The lowest BCUT2D eigenvalue weighted by atomic mass is 10.1. The van der Waals surface area contributed by atoms with E-state index in [0.29, 0.717) is 11.3 Å². The first-order chi connectivity index (χ1) is 10.6. The summed E-state index contributed by atoms with van der Waals surface area (Å²) in [6, 6.07) is 11.2. The van der Waals surface area contributed by atoms with Gasteiger partial charge in [-0.1, -0.05) is 0 Å². The number of carbonyl (C=O) groups excluding carboxylic acids is 1. The number of aromatic nitrogens is 1. The number of amides is 1. The molecule has 0 fully saturated rings. The van der Waals surface area contributed by atoms with E-state index >= 15 is 0 Å². The van der Waals surface area contributed by atoms with Gasteiger partial charge in [0.2, 0.25) is 0 Å². The van der Waals surface area contributed by atoms with Gasteiger partial charge < -0.3 is 15.0 Å². The highest BCUT2D eigenvalue weighted by Gasteiger charge is 2.16. The van der Waals surface area contributed by atoms with Crippen molar-refractivity contribution in [1.29, 1.82) is 0 Å². The van der Waals surface area contributed by atoms with Crippen LogP contribution in [0.5, 0.6) is 5.75 Å². The minimum absolute atomic E-state index is 0.236. The monoisotopic (exact) mass is 298 g/mol. The molecule has 0 saturated heterocycles. The number of hydrogen-bond donors (Lipinski definition) is 2. The third-order valence-corrected chi connectivity index (χ3v) is 3.52. The summed E-state index contributed by atoms with van der Waals surface area (Å²) >= 11 is 0. The van der Waals surface area contributed by atoms with Crippen molar-refractivity contribution in [2.75, 3.05) is 12.4 Å². The molecule has 0 spiro atoms. The van der Waals surface area contributed by atoms with Crippen LogP contribution in [0.3, 0.4) is 0 Å². The smallest absolute Gasteiger partial charge is 0.258 e. The van der Waals surface area contributed by atoms with Crippen LogP contribution in [0.25, 0.3) is 10.9 Å². The number of carbonyl (C=O) groups is 1. The van der Waals surface area contributed by atoms with E-state index in [1.165, 1.54) is 24.3 Å². The van der Waals surface area contributed by atoms with E-state index < -0.39 is 0 Å². The average Bonchev–Trinajstić information content (AvgIpc) is 2.84. The Morgan fingerprint density at radius 1 is 1.18 bits per heavy atom.